The zero-order valence-corrected chi connectivity index (χ0v) is 13.4. The molecule has 0 amide bonds. The Morgan fingerprint density at radius 1 is 0.957 bits per heavy atom. The van der Waals surface area contributed by atoms with E-state index in [0.717, 1.165) is 5.56 Å². The van der Waals surface area contributed by atoms with Crippen molar-refractivity contribution < 1.29 is 14.3 Å². The van der Waals surface area contributed by atoms with E-state index in [1.54, 1.807) is 32.1 Å². The summed E-state index contributed by atoms with van der Waals surface area (Å²) in [5.74, 6) is -0.493. The summed E-state index contributed by atoms with van der Waals surface area (Å²) in [4.78, 5) is 24.3. The second-order valence-corrected chi connectivity index (χ2v) is 5.84. The van der Waals surface area contributed by atoms with Gasteiger partial charge in [-0.05, 0) is 19.4 Å². The topological polar surface area (TPSA) is 43.4 Å². The fraction of sp³-hybridized carbons (Fsp3) is 0.200. The van der Waals surface area contributed by atoms with E-state index in [0.29, 0.717) is 5.56 Å². The Morgan fingerprint density at radius 3 is 2.13 bits per heavy atom. The van der Waals surface area contributed by atoms with Gasteiger partial charge in [0.25, 0.3) is 0 Å². The standard InChI is InChI=1S/C20H20O3/c1-20(2,19(22)17-11-7-4-8-12-17)14-13-18(21)23-15-16-9-5-3-6-10-16/h3-14H,15H2,1-2H3/b14-13+. The number of hydrogen-bond donors (Lipinski definition) is 0. The van der Waals surface area contributed by atoms with Crippen LogP contribution in [0.5, 0.6) is 0 Å². The highest BCUT2D eigenvalue weighted by Gasteiger charge is 2.25. The van der Waals surface area contributed by atoms with Gasteiger partial charge in [-0.1, -0.05) is 66.7 Å². The molecule has 3 nitrogen and oxygen atoms in total. The van der Waals surface area contributed by atoms with Crippen molar-refractivity contribution in [2.75, 3.05) is 0 Å². The smallest absolute Gasteiger partial charge is 0.330 e. The van der Waals surface area contributed by atoms with Crippen LogP contribution < -0.4 is 0 Å². The molecule has 0 saturated heterocycles. The lowest BCUT2D eigenvalue weighted by atomic mass is 9.84. The van der Waals surface area contributed by atoms with Crippen LogP contribution in [0.4, 0.5) is 0 Å². The number of benzene rings is 2. The first kappa shape index (κ1) is 16.7. The lowest BCUT2D eigenvalue weighted by molar-refractivity contribution is -0.139. The number of rotatable bonds is 6. The van der Waals surface area contributed by atoms with Gasteiger partial charge in [-0.3, -0.25) is 4.79 Å². The number of Topliss-reactive ketones (excluding diaryl/α,β-unsaturated/α-hetero) is 1. The third kappa shape index (κ3) is 4.92. The zero-order valence-electron chi connectivity index (χ0n) is 13.4. The molecular weight excluding hydrogens is 288 g/mol. The largest absolute Gasteiger partial charge is 0.458 e. The van der Waals surface area contributed by atoms with Crippen LogP contribution in [0.15, 0.2) is 72.8 Å². The van der Waals surface area contributed by atoms with E-state index >= 15 is 0 Å². The molecule has 0 unspecified atom stereocenters. The molecule has 0 spiro atoms. The fourth-order valence-electron chi connectivity index (χ4n) is 2.09. The van der Waals surface area contributed by atoms with Crippen molar-refractivity contribution in [3.63, 3.8) is 0 Å². The van der Waals surface area contributed by atoms with Crippen molar-refractivity contribution in [1.82, 2.24) is 0 Å². The summed E-state index contributed by atoms with van der Waals surface area (Å²) in [6.07, 6.45) is 2.92. The van der Waals surface area contributed by atoms with Gasteiger partial charge < -0.3 is 4.74 Å². The van der Waals surface area contributed by atoms with Crippen LogP contribution in [0.2, 0.25) is 0 Å². The zero-order chi connectivity index (χ0) is 16.7. The van der Waals surface area contributed by atoms with Crippen molar-refractivity contribution in [2.24, 2.45) is 5.41 Å². The van der Waals surface area contributed by atoms with Crippen LogP contribution in [0.1, 0.15) is 29.8 Å². The second kappa shape index (κ2) is 7.54. The number of esters is 1. The first-order valence-electron chi connectivity index (χ1n) is 7.49. The second-order valence-electron chi connectivity index (χ2n) is 5.84. The Hall–Kier alpha value is -2.68. The minimum atomic E-state index is -0.771. The summed E-state index contributed by atoms with van der Waals surface area (Å²) >= 11 is 0. The molecular formula is C20H20O3. The van der Waals surface area contributed by atoms with E-state index in [2.05, 4.69) is 0 Å². The third-order valence-electron chi connectivity index (χ3n) is 3.48. The Labute approximate surface area is 136 Å². The van der Waals surface area contributed by atoms with Gasteiger partial charge in [-0.25, -0.2) is 4.79 Å². The highest BCUT2D eigenvalue weighted by atomic mass is 16.5. The fourth-order valence-corrected chi connectivity index (χ4v) is 2.09. The van der Waals surface area contributed by atoms with Gasteiger partial charge in [0, 0.05) is 17.1 Å². The summed E-state index contributed by atoms with van der Waals surface area (Å²) in [6.45, 7) is 3.78. The number of hydrogen-bond acceptors (Lipinski definition) is 3. The van der Waals surface area contributed by atoms with Gasteiger partial charge in [-0.2, -0.15) is 0 Å². The lowest BCUT2D eigenvalue weighted by Gasteiger charge is -2.18. The first-order valence-corrected chi connectivity index (χ1v) is 7.49. The minimum absolute atomic E-state index is 0.0368. The molecule has 0 aliphatic carbocycles. The van der Waals surface area contributed by atoms with E-state index in [-0.39, 0.29) is 12.4 Å². The molecule has 118 valence electrons. The number of carbonyl (C=O) groups is 2. The summed E-state index contributed by atoms with van der Waals surface area (Å²) in [5.41, 5.74) is 0.779. The van der Waals surface area contributed by atoms with Crippen molar-refractivity contribution in [1.29, 1.82) is 0 Å². The molecule has 0 N–H and O–H groups in total. The molecule has 0 aromatic heterocycles. The molecule has 3 heteroatoms. The maximum absolute atomic E-state index is 12.5. The van der Waals surface area contributed by atoms with Gasteiger partial charge in [0.2, 0.25) is 0 Å². The van der Waals surface area contributed by atoms with Gasteiger partial charge in [0.05, 0.1) is 0 Å². The maximum Gasteiger partial charge on any atom is 0.330 e. The van der Waals surface area contributed by atoms with Crippen LogP contribution in [-0.4, -0.2) is 11.8 Å². The van der Waals surface area contributed by atoms with E-state index in [9.17, 15) is 9.59 Å². The molecule has 0 heterocycles. The predicted octanol–water partition coefficient (Wildman–Crippen LogP) is 4.20. The van der Waals surface area contributed by atoms with Crippen LogP contribution in [0.25, 0.3) is 0 Å². The predicted molar refractivity (Wildman–Crippen MR) is 89.9 cm³/mol. The molecule has 2 aromatic carbocycles. The van der Waals surface area contributed by atoms with Crippen LogP contribution in [0, 0.1) is 5.41 Å². The molecule has 2 rings (SSSR count). The third-order valence-corrected chi connectivity index (χ3v) is 3.48. The summed E-state index contributed by atoms with van der Waals surface area (Å²) in [5, 5.41) is 0. The highest BCUT2D eigenvalue weighted by molar-refractivity contribution is 6.01. The number of allylic oxidation sites excluding steroid dienone is 1. The molecule has 0 atom stereocenters. The van der Waals surface area contributed by atoms with Crippen molar-refractivity contribution >= 4 is 11.8 Å². The molecule has 0 saturated carbocycles. The average molecular weight is 308 g/mol. The number of ketones is 1. The summed E-state index contributed by atoms with van der Waals surface area (Å²) in [6, 6.07) is 18.5. The molecule has 0 aliphatic heterocycles. The summed E-state index contributed by atoms with van der Waals surface area (Å²) < 4.78 is 5.17. The van der Waals surface area contributed by atoms with Gasteiger partial charge in [-0.15, -0.1) is 0 Å². The molecule has 0 aliphatic rings. The molecule has 0 fully saturated rings. The van der Waals surface area contributed by atoms with Crippen LogP contribution in [0.3, 0.4) is 0 Å². The number of carbonyl (C=O) groups excluding carboxylic acids is 2. The minimum Gasteiger partial charge on any atom is -0.458 e. The Kier molecular flexibility index (Phi) is 5.47. The first-order chi connectivity index (χ1) is 11.0. The normalized spacial score (nSPS) is 11.4. The Balaban J connectivity index is 1.95. The van der Waals surface area contributed by atoms with E-state index in [1.807, 2.05) is 48.5 Å². The van der Waals surface area contributed by atoms with Crippen LogP contribution >= 0.6 is 0 Å². The van der Waals surface area contributed by atoms with E-state index in [1.165, 1.54) is 6.08 Å². The quantitative estimate of drug-likeness (QED) is 0.456. The molecule has 0 bridgehead atoms. The van der Waals surface area contributed by atoms with Crippen molar-refractivity contribution in [2.45, 2.75) is 20.5 Å². The van der Waals surface area contributed by atoms with E-state index < -0.39 is 11.4 Å². The maximum atomic E-state index is 12.5. The van der Waals surface area contributed by atoms with Gasteiger partial charge in [0.15, 0.2) is 5.78 Å². The van der Waals surface area contributed by atoms with Crippen LogP contribution in [-0.2, 0) is 16.1 Å². The Morgan fingerprint density at radius 2 is 1.52 bits per heavy atom. The van der Waals surface area contributed by atoms with Gasteiger partial charge >= 0.3 is 5.97 Å². The number of ether oxygens (including phenoxy) is 1. The Bertz CT molecular complexity index is 685. The molecule has 23 heavy (non-hydrogen) atoms. The van der Waals surface area contributed by atoms with Crippen molar-refractivity contribution in [3.05, 3.63) is 83.9 Å². The molecule has 0 radical (unpaired) electrons. The highest BCUT2D eigenvalue weighted by Crippen LogP contribution is 2.23. The van der Waals surface area contributed by atoms with Crippen molar-refractivity contribution in [3.8, 4) is 0 Å². The average Bonchev–Trinajstić information content (AvgIpc) is 2.59. The SMILES string of the molecule is CC(C)(/C=C/C(=O)OCc1ccccc1)C(=O)c1ccccc1. The lowest BCUT2D eigenvalue weighted by Crippen LogP contribution is -2.22. The molecule has 2 aromatic rings. The van der Waals surface area contributed by atoms with E-state index in [4.69, 9.17) is 4.74 Å². The summed E-state index contributed by atoms with van der Waals surface area (Å²) in [7, 11) is 0. The van der Waals surface area contributed by atoms with Gasteiger partial charge in [0.1, 0.15) is 6.61 Å². The monoisotopic (exact) mass is 308 g/mol.